The van der Waals surface area contributed by atoms with Gasteiger partial charge in [-0.05, 0) is 42.5 Å². The van der Waals surface area contributed by atoms with Crippen LogP contribution in [0.1, 0.15) is 0 Å². The van der Waals surface area contributed by atoms with Crippen molar-refractivity contribution in [3.63, 3.8) is 0 Å². The van der Waals surface area contributed by atoms with Gasteiger partial charge in [-0.1, -0.05) is 18.2 Å². The van der Waals surface area contributed by atoms with Crippen molar-refractivity contribution in [1.82, 2.24) is 0 Å². The first-order chi connectivity index (χ1) is 9.78. The van der Waals surface area contributed by atoms with Gasteiger partial charge >= 0.3 is 0 Å². The summed E-state index contributed by atoms with van der Waals surface area (Å²) >= 11 is 0. The molecule has 0 aliphatic carbocycles. The molecule has 3 nitrogen and oxygen atoms in total. The molecule has 2 rings (SSSR count). The second-order valence-corrected chi connectivity index (χ2v) is 4.06. The Morgan fingerprint density at radius 3 is 2.14 bits per heavy atom. The number of hydrogen-bond donors (Lipinski definition) is 1. The van der Waals surface area contributed by atoms with Gasteiger partial charge in [-0.3, -0.25) is 0 Å². The summed E-state index contributed by atoms with van der Waals surface area (Å²) in [7, 11) is 0. The van der Waals surface area contributed by atoms with E-state index >= 15 is 0 Å². The molecule has 5 heteroatoms. The van der Waals surface area contributed by atoms with Crippen molar-refractivity contribution < 1.29 is 13.9 Å². The van der Waals surface area contributed by atoms with Gasteiger partial charge < -0.3 is 15.2 Å². The molecule has 0 heterocycles. The van der Waals surface area contributed by atoms with Gasteiger partial charge in [-0.2, -0.15) is 0 Å². The van der Waals surface area contributed by atoms with Crippen LogP contribution in [0.15, 0.2) is 66.5 Å². The maximum Gasteiger partial charge on any atom is 0.139 e. The van der Waals surface area contributed by atoms with Crippen LogP contribution in [0, 0.1) is 0 Å². The van der Waals surface area contributed by atoms with Crippen molar-refractivity contribution >= 4 is 12.4 Å². The summed E-state index contributed by atoms with van der Waals surface area (Å²) in [5, 5.41) is 0. The summed E-state index contributed by atoms with van der Waals surface area (Å²) in [6, 6.07) is 16.5. The van der Waals surface area contributed by atoms with Gasteiger partial charge in [0.2, 0.25) is 0 Å². The number of ether oxygens (including phenoxy) is 2. The fourth-order valence-corrected chi connectivity index (χ4v) is 1.57. The van der Waals surface area contributed by atoms with Crippen molar-refractivity contribution in [3.05, 3.63) is 66.5 Å². The molecule has 0 unspecified atom stereocenters. The lowest BCUT2D eigenvalue weighted by atomic mass is 10.3. The van der Waals surface area contributed by atoms with E-state index < -0.39 is 0 Å². The first-order valence-electron chi connectivity index (χ1n) is 6.28. The van der Waals surface area contributed by atoms with Crippen molar-refractivity contribution in [2.75, 3.05) is 13.2 Å². The third-order valence-electron chi connectivity index (χ3n) is 2.52. The molecule has 0 bridgehead atoms. The Morgan fingerprint density at radius 2 is 1.52 bits per heavy atom. The summed E-state index contributed by atoms with van der Waals surface area (Å²) in [5.41, 5.74) is 5.20. The lowest BCUT2D eigenvalue weighted by molar-refractivity contribution is 0.318. The zero-order valence-electron chi connectivity index (χ0n) is 11.4. The van der Waals surface area contributed by atoms with E-state index in [4.69, 9.17) is 15.2 Å². The fourth-order valence-electron chi connectivity index (χ4n) is 1.57. The number of halogens is 2. The largest absolute Gasteiger partial charge is 0.487 e. The van der Waals surface area contributed by atoms with Crippen LogP contribution in [0.5, 0.6) is 17.2 Å². The Morgan fingerprint density at radius 1 is 0.952 bits per heavy atom. The predicted molar refractivity (Wildman–Crippen MR) is 83.9 cm³/mol. The molecule has 0 amide bonds. The quantitative estimate of drug-likeness (QED) is 0.874. The molecule has 0 saturated carbocycles. The van der Waals surface area contributed by atoms with Crippen LogP contribution in [-0.4, -0.2) is 13.2 Å². The molecule has 2 N–H and O–H groups in total. The molecule has 0 spiro atoms. The molecule has 2 aromatic carbocycles. The van der Waals surface area contributed by atoms with Crippen LogP contribution in [0.3, 0.4) is 0 Å². The van der Waals surface area contributed by atoms with E-state index in [2.05, 4.69) is 0 Å². The van der Waals surface area contributed by atoms with Gasteiger partial charge in [0.05, 0.1) is 0 Å². The Hall–Kier alpha value is -2.04. The van der Waals surface area contributed by atoms with Crippen molar-refractivity contribution in [1.29, 1.82) is 0 Å². The minimum Gasteiger partial charge on any atom is -0.487 e. The van der Waals surface area contributed by atoms with Crippen LogP contribution in [0.25, 0.3) is 0 Å². The molecular formula is C16H17ClFNO2. The topological polar surface area (TPSA) is 44.5 Å². The van der Waals surface area contributed by atoms with Gasteiger partial charge in [-0.25, -0.2) is 4.39 Å². The smallest absolute Gasteiger partial charge is 0.139 e. The number of nitrogens with two attached hydrogens (primary N) is 1. The highest BCUT2D eigenvalue weighted by atomic mass is 35.5. The Balaban J connectivity index is 0.00000220. The molecule has 112 valence electrons. The van der Waals surface area contributed by atoms with Crippen molar-refractivity contribution in [2.24, 2.45) is 5.73 Å². The van der Waals surface area contributed by atoms with Crippen LogP contribution in [0.4, 0.5) is 4.39 Å². The molecule has 0 aromatic heterocycles. The molecule has 0 atom stereocenters. The number of para-hydroxylation sites is 1. The van der Waals surface area contributed by atoms with E-state index in [0.717, 1.165) is 5.75 Å². The standard InChI is InChI=1S/C16H16FNO2.ClH/c17-13(10-11-18)12-19-14-6-8-16(9-7-14)20-15-4-2-1-3-5-15;/h1-10H,11-12,18H2;1H. The lowest BCUT2D eigenvalue weighted by Gasteiger charge is -2.07. The molecule has 21 heavy (non-hydrogen) atoms. The fraction of sp³-hybridized carbons (Fsp3) is 0.125. The van der Waals surface area contributed by atoms with Gasteiger partial charge in [0.15, 0.2) is 0 Å². The molecule has 0 aliphatic rings. The van der Waals surface area contributed by atoms with Crippen LogP contribution in [-0.2, 0) is 0 Å². The summed E-state index contributed by atoms with van der Waals surface area (Å²) in [5.74, 6) is 1.66. The van der Waals surface area contributed by atoms with Gasteiger partial charge in [0, 0.05) is 6.54 Å². The summed E-state index contributed by atoms with van der Waals surface area (Å²) in [6.07, 6.45) is 1.28. The zero-order chi connectivity index (χ0) is 14.2. The van der Waals surface area contributed by atoms with Crippen LogP contribution in [0.2, 0.25) is 0 Å². The Bertz CT molecular complexity index is 558. The zero-order valence-corrected chi connectivity index (χ0v) is 12.2. The molecule has 0 fully saturated rings. The van der Waals surface area contributed by atoms with Crippen LogP contribution >= 0.6 is 12.4 Å². The van der Waals surface area contributed by atoms with Crippen molar-refractivity contribution in [2.45, 2.75) is 0 Å². The van der Waals surface area contributed by atoms with Crippen molar-refractivity contribution in [3.8, 4) is 17.2 Å². The van der Waals surface area contributed by atoms with E-state index in [0.29, 0.717) is 11.5 Å². The number of rotatable bonds is 6. The SMILES string of the molecule is Cl.NCC=C(F)COc1ccc(Oc2ccccc2)cc1. The van der Waals surface area contributed by atoms with E-state index in [-0.39, 0.29) is 31.4 Å². The van der Waals surface area contributed by atoms with E-state index in [1.54, 1.807) is 24.3 Å². The second kappa shape index (κ2) is 9.00. The first kappa shape index (κ1) is 17.0. The number of benzene rings is 2. The summed E-state index contributed by atoms with van der Waals surface area (Å²) < 4.78 is 24.0. The predicted octanol–water partition coefficient (Wildman–Crippen LogP) is 4.09. The maximum absolute atomic E-state index is 13.1. The molecule has 0 aliphatic heterocycles. The highest BCUT2D eigenvalue weighted by Crippen LogP contribution is 2.23. The molecular weight excluding hydrogens is 293 g/mol. The minimum absolute atomic E-state index is 0. The summed E-state index contributed by atoms with van der Waals surface area (Å²) in [6.45, 7) is 0.0507. The summed E-state index contributed by atoms with van der Waals surface area (Å²) in [4.78, 5) is 0. The maximum atomic E-state index is 13.1. The highest BCUT2D eigenvalue weighted by Gasteiger charge is 2.00. The number of hydrogen-bond acceptors (Lipinski definition) is 3. The average Bonchev–Trinajstić information content (AvgIpc) is 2.48. The minimum atomic E-state index is -0.378. The second-order valence-electron chi connectivity index (χ2n) is 4.06. The van der Waals surface area contributed by atoms with Gasteiger partial charge in [-0.15, -0.1) is 12.4 Å². The van der Waals surface area contributed by atoms with Gasteiger partial charge in [0.1, 0.15) is 29.7 Å². The molecule has 0 radical (unpaired) electrons. The van der Waals surface area contributed by atoms with E-state index in [1.807, 2.05) is 30.3 Å². The monoisotopic (exact) mass is 309 g/mol. The molecule has 2 aromatic rings. The molecule has 0 saturated heterocycles. The van der Waals surface area contributed by atoms with E-state index in [1.165, 1.54) is 6.08 Å². The van der Waals surface area contributed by atoms with Gasteiger partial charge in [0.25, 0.3) is 0 Å². The Kier molecular flexibility index (Phi) is 7.29. The Labute approximate surface area is 129 Å². The highest BCUT2D eigenvalue weighted by molar-refractivity contribution is 5.85. The van der Waals surface area contributed by atoms with Crippen LogP contribution < -0.4 is 15.2 Å². The van der Waals surface area contributed by atoms with E-state index in [9.17, 15) is 4.39 Å². The third kappa shape index (κ3) is 5.85. The normalized spacial score (nSPS) is 10.7. The first-order valence-corrected chi connectivity index (χ1v) is 6.28. The lowest BCUT2D eigenvalue weighted by Crippen LogP contribution is -2.01. The average molecular weight is 310 g/mol. The third-order valence-corrected chi connectivity index (χ3v) is 2.52.